The van der Waals surface area contributed by atoms with E-state index in [0.29, 0.717) is 6.54 Å². The molecule has 4 rings (SSSR count). The largest absolute Gasteiger partial charge is 0.369 e. The number of aryl methyl sites for hydroxylation is 1. The number of benzene rings is 1. The Balaban J connectivity index is 1.85. The van der Waals surface area contributed by atoms with Crippen LogP contribution < -0.4 is 10.6 Å². The number of nitrogens with zero attached hydrogens (tertiary/aromatic N) is 3. The summed E-state index contributed by atoms with van der Waals surface area (Å²) in [4.78, 5) is 24.2. The zero-order valence-corrected chi connectivity index (χ0v) is 14.9. The number of fused-ring (bicyclic) bond motifs is 1. The van der Waals surface area contributed by atoms with Crippen LogP contribution in [-0.4, -0.2) is 29.0 Å². The second-order valence-corrected chi connectivity index (χ2v) is 7.34. The van der Waals surface area contributed by atoms with Crippen LogP contribution in [0.2, 0.25) is 0 Å². The number of carbonyl (C=O) groups is 1. The highest BCUT2D eigenvalue weighted by Crippen LogP contribution is 2.39. The van der Waals surface area contributed by atoms with Crippen molar-refractivity contribution in [2.75, 3.05) is 18.0 Å². The first kappa shape index (κ1) is 16.0. The zero-order chi connectivity index (χ0) is 17.4. The molecule has 1 amide bonds. The van der Waals surface area contributed by atoms with Crippen LogP contribution in [0.25, 0.3) is 21.3 Å². The van der Waals surface area contributed by atoms with Crippen molar-refractivity contribution >= 4 is 33.3 Å². The minimum absolute atomic E-state index is 0.113. The number of piperidine rings is 1. The quantitative estimate of drug-likeness (QED) is 0.784. The fourth-order valence-electron chi connectivity index (χ4n) is 3.49. The molecule has 0 saturated carbocycles. The number of hydrogen-bond donors (Lipinski definition) is 1. The Bertz CT molecular complexity index is 922. The van der Waals surface area contributed by atoms with Crippen molar-refractivity contribution in [2.45, 2.75) is 19.8 Å². The van der Waals surface area contributed by atoms with Gasteiger partial charge >= 0.3 is 0 Å². The molecule has 1 saturated heterocycles. The predicted octanol–water partition coefficient (Wildman–Crippen LogP) is 3.37. The fraction of sp³-hybridized carbons (Fsp3) is 0.316. The molecule has 0 aliphatic carbocycles. The van der Waals surface area contributed by atoms with Gasteiger partial charge in [0.05, 0.1) is 11.3 Å². The van der Waals surface area contributed by atoms with Crippen LogP contribution >= 0.6 is 11.3 Å². The Kier molecular flexibility index (Phi) is 4.13. The van der Waals surface area contributed by atoms with E-state index in [1.54, 1.807) is 11.3 Å². The SMILES string of the molecule is Cc1nc(N2CCC[C@@H](C(N)=O)C2)c2c(-c3ccccc3)csc2n1. The number of amides is 1. The molecule has 1 aliphatic rings. The van der Waals surface area contributed by atoms with Crippen molar-refractivity contribution in [1.82, 2.24) is 9.97 Å². The molecule has 1 aromatic carbocycles. The number of rotatable bonds is 3. The first-order chi connectivity index (χ1) is 12.1. The smallest absolute Gasteiger partial charge is 0.222 e. The van der Waals surface area contributed by atoms with Gasteiger partial charge in [-0.3, -0.25) is 4.79 Å². The van der Waals surface area contributed by atoms with Crippen molar-refractivity contribution in [3.63, 3.8) is 0 Å². The van der Waals surface area contributed by atoms with Crippen LogP contribution in [0.15, 0.2) is 35.7 Å². The van der Waals surface area contributed by atoms with Gasteiger partial charge in [0.25, 0.3) is 0 Å². The highest BCUT2D eigenvalue weighted by Gasteiger charge is 2.27. The number of anilines is 1. The van der Waals surface area contributed by atoms with Crippen molar-refractivity contribution in [2.24, 2.45) is 11.7 Å². The highest BCUT2D eigenvalue weighted by molar-refractivity contribution is 7.17. The van der Waals surface area contributed by atoms with Gasteiger partial charge in [0, 0.05) is 24.0 Å². The average molecular weight is 352 g/mol. The molecule has 3 heterocycles. The average Bonchev–Trinajstić information content (AvgIpc) is 3.05. The lowest BCUT2D eigenvalue weighted by Gasteiger charge is -2.32. The molecule has 1 atom stereocenters. The second kappa shape index (κ2) is 6.44. The van der Waals surface area contributed by atoms with Crippen LogP contribution in [0.4, 0.5) is 5.82 Å². The summed E-state index contributed by atoms with van der Waals surface area (Å²) in [6, 6.07) is 10.3. The summed E-state index contributed by atoms with van der Waals surface area (Å²) in [6.07, 6.45) is 1.80. The number of primary amides is 1. The summed E-state index contributed by atoms with van der Waals surface area (Å²) in [5, 5.41) is 3.22. The van der Waals surface area contributed by atoms with Gasteiger partial charge in [0.15, 0.2) is 0 Å². The van der Waals surface area contributed by atoms with E-state index in [1.807, 2.05) is 25.1 Å². The predicted molar refractivity (Wildman–Crippen MR) is 102 cm³/mol. The molecule has 0 spiro atoms. The third-order valence-electron chi connectivity index (χ3n) is 4.73. The minimum Gasteiger partial charge on any atom is -0.369 e. The van der Waals surface area contributed by atoms with Crippen LogP contribution in [-0.2, 0) is 4.79 Å². The molecule has 0 unspecified atom stereocenters. The molecule has 2 aromatic heterocycles. The summed E-state index contributed by atoms with van der Waals surface area (Å²) in [7, 11) is 0. The molecule has 6 heteroatoms. The maximum Gasteiger partial charge on any atom is 0.222 e. The number of carbonyl (C=O) groups excluding carboxylic acids is 1. The third-order valence-corrected chi connectivity index (χ3v) is 5.61. The minimum atomic E-state index is -0.222. The van der Waals surface area contributed by atoms with Crippen molar-refractivity contribution in [3.05, 3.63) is 41.5 Å². The molecule has 25 heavy (non-hydrogen) atoms. The van der Waals surface area contributed by atoms with Crippen LogP contribution in [0.1, 0.15) is 18.7 Å². The first-order valence-electron chi connectivity index (χ1n) is 8.49. The van der Waals surface area contributed by atoms with Crippen molar-refractivity contribution in [3.8, 4) is 11.1 Å². The Morgan fingerprint density at radius 2 is 2.08 bits per heavy atom. The van der Waals surface area contributed by atoms with Gasteiger partial charge in [0.1, 0.15) is 16.5 Å². The van der Waals surface area contributed by atoms with E-state index < -0.39 is 0 Å². The Morgan fingerprint density at radius 1 is 1.28 bits per heavy atom. The van der Waals surface area contributed by atoms with E-state index in [1.165, 1.54) is 0 Å². The van der Waals surface area contributed by atoms with Gasteiger partial charge in [-0.1, -0.05) is 30.3 Å². The number of hydrogen-bond acceptors (Lipinski definition) is 5. The van der Waals surface area contributed by atoms with Crippen LogP contribution in [0, 0.1) is 12.8 Å². The number of thiophene rings is 1. The van der Waals surface area contributed by atoms with E-state index in [-0.39, 0.29) is 11.8 Å². The Labute approximate surface area is 150 Å². The number of aromatic nitrogens is 2. The zero-order valence-electron chi connectivity index (χ0n) is 14.1. The lowest BCUT2D eigenvalue weighted by molar-refractivity contribution is -0.122. The summed E-state index contributed by atoms with van der Waals surface area (Å²) in [6.45, 7) is 3.44. The van der Waals surface area contributed by atoms with Gasteiger partial charge in [-0.05, 0) is 25.3 Å². The van der Waals surface area contributed by atoms with Crippen molar-refractivity contribution < 1.29 is 4.79 Å². The standard InChI is InChI=1S/C19H20N4OS/c1-12-21-18(23-9-5-8-14(10-23)17(20)24)16-15(11-25-19(16)22-12)13-6-3-2-4-7-13/h2-4,6-7,11,14H,5,8-10H2,1H3,(H2,20,24)/t14-/m1/s1. The lowest BCUT2D eigenvalue weighted by Crippen LogP contribution is -2.41. The molecule has 0 radical (unpaired) electrons. The maximum atomic E-state index is 11.7. The van der Waals surface area contributed by atoms with Gasteiger partial charge in [-0.2, -0.15) is 0 Å². The van der Waals surface area contributed by atoms with Crippen molar-refractivity contribution in [1.29, 1.82) is 0 Å². The number of nitrogens with two attached hydrogens (primary N) is 1. The Morgan fingerprint density at radius 3 is 2.84 bits per heavy atom. The first-order valence-corrected chi connectivity index (χ1v) is 9.37. The van der Waals surface area contributed by atoms with Gasteiger partial charge in [0.2, 0.25) is 5.91 Å². The molecule has 1 fully saturated rings. The molecule has 5 nitrogen and oxygen atoms in total. The molecule has 3 aromatic rings. The maximum absolute atomic E-state index is 11.7. The Hall–Kier alpha value is -2.47. The summed E-state index contributed by atoms with van der Waals surface area (Å²) < 4.78 is 0. The van der Waals surface area contributed by atoms with E-state index in [2.05, 4.69) is 27.4 Å². The molecular weight excluding hydrogens is 332 g/mol. The van der Waals surface area contributed by atoms with Gasteiger partial charge in [-0.25, -0.2) is 9.97 Å². The topological polar surface area (TPSA) is 72.1 Å². The molecule has 0 bridgehead atoms. The highest BCUT2D eigenvalue weighted by atomic mass is 32.1. The molecule has 1 aliphatic heterocycles. The molecular formula is C19H20N4OS. The van der Waals surface area contributed by atoms with E-state index in [4.69, 9.17) is 10.7 Å². The molecule has 2 N–H and O–H groups in total. The van der Waals surface area contributed by atoms with E-state index >= 15 is 0 Å². The normalized spacial score (nSPS) is 17.8. The second-order valence-electron chi connectivity index (χ2n) is 6.48. The fourth-order valence-corrected chi connectivity index (χ4v) is 4.48. The van der Waals surface area contributed by atoms with E-state index in [0.717, 1.165) is 52.4 Å². The summed E-state index contributed by atoms with van der Waals surface area (Å²) >= 11 is 1.64. The van der Waals surface area contributed by atoms with Gasteiger partial charge in [-0.15, -0.1) is 11.3 Å². The third kappa shape index (κ3) is 2.98. The lowest BCUT2D eigenvalue weighted by atomic mass is 9.97. The van der Waals surface area contributed by atoms with Crippen LogP contribution in [0.3, 0.4) is 0 Å². The summed E-state index contributed by atoms with van der Waals surface area (Å²) in [5.41, 5.74) is 7.86. The van der Waals surface area contributed by atoms with E-state index in [9.17, 15) is 4.79 Å². The van der Waals surface area contributed by atoms with Gasteiger partial charge < -0.3 is 10.6 Å². The monoisotopic (exact) mass is 352 g/mol. The molecule has 128 valence electrons. The van der Waals surface area contributed by atoms with Crippen LogP contribution in [0.5, 0.6) is 0 Å². The summed E-state index contributed by atoms with van der Waals surface area (Å²) in [5.74, 6) is 1.34.